The van der Waals surface area contributed by atoms with Crippen LogP contribution in [0, 0.1) is 17.1 Å². The summed E-state index contributed by atoms with van der Waals surface area (Å²) in [5.74, 6) is -1.71. The molecular formula is C10H6F3NO. The Morgan fingerprint density at radius 1 is 1.47 bits per heavy atom. The van der Waals surface area contributed by atoms with Gasteiger partial charge in [-0.05, 0) is 19.1 Å². The number of carbonyl (C=O) groups excluding carboxylic acids is 1. The maximum absolute atomic E-state index is 13.1. The summed E-state index contributed by atoms with van der Waals surface area (Å²) < 4.78 is 37.7. The van der Waals surface area contributed by atoms with Crippen LogP contribution in [0.3, 0.4) is 0 Å². The average Bonchev–Trinajstić information content (AvgIpc) is 2.16. The molecule has 0 aliphatic rings. The first-order valence-corrected chi connectivity index (χ1v) is 4.00. The predicted octanol–water partition coefficient (Wildman–Crippen LogP) is 2.84. The van der Waals surface area contributed by atoms with Gasteiger partial charge in [-0.3, -0.25) is 4.79 Å². The van der Waals surface area contributed by atoms with Crippen molar-refractivity contribution in [1.29, 1.82) is 5.26 Å². The zero-order valence-electron chi connectivity index (χ0n) is 7.72. The Balaban J connectivity index is 3.47. The molecule has 0 bridgehead atoms. The van der Waals surface area contributed by atoms with Gasteiger partial charge < -0.3 is 0 Å². The summed E-state index contributed by atoms with van der Waals surface area (Å²) in [7, 11) is 0. The van der Waals surface area contributed by atoms with Crippen molar-refractivity contribution in [3.63, 3.8) is 0 Å². The number of hydrogen-bond donors (Lipinski definition) is 0. The number of alkyl halides is 2. The summed E-state index contributed by atoms with van der Waals surface area (Å²) in [5.41, 5.74) is -1.41. The molecule has 0 amide bonds. The fourth-order valence-electron chi connectivity index (χ4n) is 1.14. The molecule has 0 N–H and O–H groups in total. The zero-order chi connectivity index (χ0) is 11.6. The number of nitrogens with zero attached hydrogens (tertiary/aromatic N) is 1. The monoisotopic (exact) mass is 213 g/mol. The molecule has 0 saturated carbocycles. The van der Waals surface area contributed by atoms with Gasteiger partial charge in [-0.15, -0.1) is 0 Å². The van der Waals surface area contributed by atoms with E-state index in [1.165, 1.54) is 6.07 Å². The molecule has 0 aliphatic heterocycles. The van der Waals surface area contributed by atoms with E-state index in [0.717, 1.165) is 13.0 Å². The van der Waals surface area contributed by atoms with Gasteiger partial charge in [-0.1, -0.05) is 0 Å². The molecule has 0 radical (unpaired) electrons. The van der Waals surface area contributed by atoms with E-state index in [2.05, 4.69) is 0 Å². The highest BCUT2D eigenvalue weighted by atomic mass is 19.3. The number of halogens is 3. The Kier molecular flexibility index (Phi) is 3.10. The minimum absolute atomic E-state index is 0.312. The molecule has 1 aromatic carbocycles. The number of ketones is 1. The minimum atomic E-state index is -2.87. The summed E-state index contributed by atoms with van der Waals surface area (Å²) in [6, 6.07) is 2.88. The van der Waals surface area contributed by atoms with Crippen LogP contribution in [-0.2, 0) is 0 Å². The van der Waals surface area contributed by atoms with Crippen LogP contribution in [0.1, 0.15) is 34.8 Å². The number of nitriles is 1. The highest BCUT2D eigenvalue weighted by Crippen LogP contribution is 2.24. The number of carbonyl (C=O) groups is 1. The standard InChI is InChI=1S/C10H6F3NO/c1-5(15)7-2-6(10(12)13)3-9(11)8(7)4-14/h2-3,10H,1H3. The number of hydrogen-bond acceptors (Lipinski definition) is 2. The Morgan fingerprint density at radius 3 is 2.47 bits per heavy atom. The summed E-state index contributed by atoms with van der Waals surface area (Å²) >= 11 is 0. The van der Waals surface area contributed by atoms with Gasteiger partial charge in [0.25, 0.3) is 6.43 Å². The molecule has 0 fully saturated rings. The van der Waals surface area contributed by atoms with Gasteiger partial charge in [-0.25, -0.2) is 13.2 Å². The molecule has 5 heteroatoms. The van der Waals surface area contributed by atoms with Gasteiger partial charge in [0.05, 0.1) is 5.56 Å². The van der Waals surface area contributed by atoms with Crippen molar-refractivity contribution in [2.45, 2.75) is 13.3 Å². The second-order valence-corrected chi connectivity index (χ2v) is 2.89. The first kappa shape index (κ1) is 11.2. The van der Waals surface area contributed by atoms with E-state index >= 15 is 0 Å². The first-order chi connectivity index (χ1) is 6.97. The Bertz CT molecular complexity index is 449. The lowest BCUT2D eigenvalue weighted by Gasteiger charge is -2.05. The van der Waals surface area contributed by atoms with Crippen molar-refractivity contribution < 1.29 is 18.0 Å². The molecule has 0 aliphatic carbocycles. The lowest BCUT2D eigenvalue weighted by atomic mass is 10.0. The summed E-state index contributed by atoms with van der Waals surface area (Å²) in [6.07, 6.45) is -2.87. The quantitative estimate of drug-likeness (QED) is 0.708. The van der Waals surface area contributed by atoms with Gasteiger partial charge in [0.15, 0.2) is 5.78 Å². The lowest BCUT2D eigenvalue weighted by Crippen LogP contribution is -2.02. The van der Waals surface area contributed by atoms with E-state index in [1.807, 2.05) is 0 Å². The Hall–Kier alpha value is -1.83. The number of Topliss-reactive ketones (excluding diaryl/α,β-unsaturated/α-hetero) is 1. The molecular weight excluding hydrogens is 207 g/mol. The average molecular weight is 213 g/mol. The van der Waals surface area contributed by atoms with Gasteiger partial charge in [0.1, 0.15) is 11.9 Å². The largest absolute Gasteiger partial charge is 0.294 e. The third-order valence-corrected chi connectivity index (χ3v) is 1.86. The Morgan fingerprint density at radius 2 is 2.07 bits per heavy atom. The zero-order valence-corrected chi connectivity index (χ0v) is 7.72. The van der Waals surface area contributed by atoms with Crippen molar-refractivity contribution in [3.8, 4) is 6.07 Å². The highest BCUT2D eigenvalue weighted by molar-refractivity contribution is 5.96. The number of benzene rings is 1. The van der Waals surface area contributed by atoms with Gasteiger partial charge >= 0.3 is 0 Å². The van der Waals surface area contributed by atoms with Crippen LogP contribution in [0.25, 0.3) is 0 Å². The van der Waals surface area contributed by atoms with Crippen molar-refractivity contribution in [2.24, 2.45) is 0 Å². The summed E-state index contributed by atoms with van der Waals surface area (Å²) in [4.78, 5) is 11.0. The molecule has 1 aromatic rings. The normalized spacial score (nSPS) is 10.1. The van der Waals surface area contributed by atoms with Crippen LogP contribution < -0.4 is 0 Å². The summed E-state index contributed by atoms with van der Waals surface area (Å²) in [6.45, 7) is 1.09. The van der Waals surface area contributed by atoms with Crippen molar-refractivity contribution in [2.75, 3.05) is 0 Å². The van der Waals surface area contributed by atoms with Crippen LogP contribution in [0.2, 0.25) is 0 Å². The summed E-state index contributed by atoms with van der Waals surface area (Å²) in [5, 5.41) is 8.55. The van der Waals surface area contributed by atoms with Crippen molar-refractivity contribution >= 4 is 5.78 Å². The van der Waals surface area contributed by atoms with Crippen LogP contribution in [0.15, 0.2) is 12.1 Å². The molecule has 0 aromatic heterocycles. The second-order valence-electron chi connectivity index (χ2n) is 2.89. The molecule has 1 rings (SSSR count). The molecule has 0 unspecified atom stereocenters. The van der Waals surface area contributed by atoms with Crippen LogP contribution >= 0.6 is 0 Å². The topological polar surface area (TPSA) is 40.9 Å². The smallest absolute Gasteiger partial charge is 0.263 e. The highest BCUT2D eigenvalue weighted by Gasteiger charge is 2.17. The van der Waals surface area contributed by atoms with Gasteiger partial charge in [0.2, 0.25) is 0 Å². The van der Waals surface area contributed by atoms with Crippen molar-refractivity contribution in [3.05, 3.63) is 34.6 Å². The van der Waals surface area contributed by atoms with E-state index < -0.39 is 29.2 Å². The van der Waals surface area contributed by atoms with Crippen molar-refractivity contribution in [1.82, 2.24) is 0 Å². The molecule has 0 atom stereocenters. The molecule has 0 saturated heterocycles. The van der Waals surface area contributed by atoms with Crippen LogP contribution in [0.5, 0.6) is 0 Å². The Labute approximate surface area is 83.9 Å². The third kappa shape index (κ3) is 2.15. The third-order valence-electron chi connectivity index (χ3n) is 1.86. The molecule has 0 spiro atoms. The van der Waals surface area contributed by atoms with Gasteiger partial charge in [0, 0.05) is 11.1 Å². The second kappa shape index (κ2) is 4.13. The maximum atomic E-state index is 13.1. The van der Waals surface area contributed by atoms with E-state index in [-0.39, 0.29) is 5.56 Å². The lowest BCUT2D eigenvalue weighted by molar-refractivity contribution is 0.101. The van der Waals surface area contributed by atoms with E-state index in [0.29, 0.717) is 6.07 Å². The maximum Gasteiger partial charge on any atom is 0.263 e. The van der Waals surface area contributed by atoms with E-state index in [4.69, 9.17) is 5.26 Å². The van der Waals surface area contributed by atoms with Crippen LogP contribution in [0.4, 0.5) is 13.2 Å². The van der Waals surface area contributed by atoms with Gasteiger partial charge in [-0.2, -0.15) is 5.26 Å². The molecule has 2 nitrogen and oxygen atoms in total. The van der Waals surface area contributed by atoms with E-state index in [9.17, 15) is 18.0 Å². The predicted molar refractivity (Wildman–Crippen MR) is 46.1 cm³/mol. The first-order valence-electron chi connectivity index (χ1n) is 4.00. The molecule has 15 heavy (non-hydrogen) atoms. The molecule has 0 heterocycles. The van der Waals surface area contributed by atoms with Crippen LogP contribution in [-0.4, -0.2) is 5.78 Å². The SMILES string of the molecule is CC(=O)c1cc(C(F)F)cc(F)c1C#N. The number of rotatable bonds is 2. The fraction of sp³-hybridized carbons (Fsp3) is 0.200. The van der Waals surface area contributed by atoms with E-state index in [1.54, 1.807) is 0 Å². The molecule has 78 valence electrons. The fourth-order valence-corrected chi connectivity index (χ4v) is 1.14. The minimum Gasteiger partial charge on any atom is -0.294 e.